The number of nitrogens with zero attached hydrogens (tertiary/aromatic N) is 2. The predicted octanol–water partition coefficient (Wildman–Crippen LogP) is 5.34. The van der Waals surface area contributed by atoms with Crippen LogP contribution < -0.4 is 18.9 Å². The van der Waals surface area contributed by atoms with Crippen LogP contribution in [-0.2, 0) is 0 Å². The van der Waals surface area contributed by atoms with Gasteiger partial charge in [0.15, 0.2) is 11.5 Å². The Bertz CT molecular complexity index is 1140. The van der Waals surface area contributed by atoms with Crippen LogP contribution >= 0.6 is 0 Å². The molecule has 164 valence electrons. The van der Waals surface area contributed by atoms with E-state index in [1.165, 1.54) is 0 Å². The minimum absolute atomic E-state index is 0.0969. The molecule has 2 heterocycles. The molecule has 0 aliphatic carbocycles. The molecular formula is C26H26N2O4. The summed E-state index contributed by atoms with van der Waals surface area (Å²) in [4.78, 5) is 0. The van der Waals surface area contributed by atoms with Crippen molar-refractivity contribution in [2.45, 2.75) is 25.6 Å². The zero-order chi connectivity index (χ0) is 22.1. The number of benzene rings is 3. The highest BCUT2D eigenvalue weighted by Crippen LogP contribution is 2.47. The Morgan fingerprint density at radius 1 is 0.969 bits per heavy atom. The van der Waals surface area contributed by atoms with E-state index in [-0.39, 0.29) is 12.3 Å². The first-order valence-electron chi connectivity index (χ1n) is 10.8. The molecular weight excluding hydrogens is 404 g/mol. The van der Waals surface area contributed by atoms with Gasteiger partial charge in [0.1, 0.15) is 11.5 Å². The number of fused-ring (bicyclic) bond motifs is 3. The molecule has 0 bridgehead atoms. The SMILES string of the molecule is CCOc1ccc([C@@H]2Oc3ccccc3[C@@H]3CC(c4ccc(OC)c(OC)c4)=NN32)cc1. The molecule has 32 heavy (non-hydrogen) atoms. The van der Waals surface area contributed by atoms with Crippen LogP contribution in [0.1, 0.15) is 42.3 Å². The van der Waals surface area contributed by atoms with Crippen LogP contribution in [0.5, 0.6) is 23.0 Å². The molecule has 0 saturated heterocycles. The minimum atomic E-state index is -0.316. The molecule has 6 heteroatoms. The van der Waals surface area contributed by atoms with Gasteiger partial charge in [0.05, 0.1) is 32.6 Å². The van der Waals surface area contributed by atoms with Gasteiger partial charge in [-0.05, 0) is 55.5 Å². The summed E-state index contributed by atoms with van der Waals surface area (Å²) in [6, 6.07) is 22.3. The van der Waals surface area contributed by atoms with Crippen LogP contribution in [0.15, 0.2) is 71.8 Å². The van der Waals surface area contributed by atoms with Gasteiger partial charge in [-0.2, -0.15) is 5.10 Å². The second kappa shape index (κ2) is 8.46. The number of ether oxygens (including phenoxy) is 4. The summed E-state index contributed by atoms with van der Waals surface area (Å²) >= 11 is 0. The molecule has 0 saturated carbocycles. The van der Waals surface area contributed by atoms with Crippen LogP contribution in [0, 0.1) is 0 Å². The Morgan fingerprint density at radius 3 is 2.50 bits per heavy atom. The summed E-state index contributed by atoms with van der Waals surface area (Å²) in [7, 11) is 3.29. The summed E-state index contributed by atoms with van der Waals surface area (Å²) in [6.45, 7) is 2.62. The van der Waals surface area contributed by atoms with Crippen LogP contribution in [0.3, 0.4) is 0 Å². The van der Waals surface area contributed by atoms with Crippen molar-refractivity contribution in [3.63, 3.8) is 0 Å². The van der Waals surface area contributed by atoms with Crippen molar-refractivity contribution < 1.29 is 18.9 Å². The van der Waals surface area contributed by atoms with Gasteiger partial charge in [-0.1, -0.05) is 18.2 Å². The first-order chi connectivity index (χ1) is 15.7. The van der Waals surface area contributed by atoms with Crippen molar-refractivity contribution in [3.8, 4) is 23.0 Å². The highest BCUT2D eigenvalue weighted by molar-refractivity contribution is 6.02. The number of para-hydroxylation sites is 1. The Labute approximate surface area is 188 Å². The van der Waals surface area contributed by atoms with Gasteiger partial charge in [0.25, 0.3) is 0 Å². The monoisotopic (exact) mass is 430 g/mol. The maximum Gasteiger partial charge on any atom is 0.213 e. The van der Waals surface area contributed by atoms with Crippen LogP contribution in [0.25, 0.3) is 0 Å². The molecule has 2 aliphatic rings. The second-order valence-corrected chi connectivity index (χ2v) is 7.73. The van der Waals surface area contributed by atoms with E-state index >= 15 is 0 Å². The minimum Gasteiger partial charge on any atom is -0.494 e. The van der Waals surface area contributed by atoms with Crippen molar-refractivity contribution in [2.24, 2.45) is 5.10 Å². The van der Waals surface area contributed by atoms with E-state index in [1.54, 1.807) is 14.2 Å². The van der Waals surface area contributed by atoms with Crippen molar-refractivity contribution in [2.75, 3.05) is 20.8 Å². The summed E-state index contributed by atoms with van der Waals surface area (Å²) < 4.78 is 22.9. The van der Waals surface area contributed by atoms with Gasteiger partial charge in [0, 0.05) is 23.1 Å². The Balaban J connectivity index is 1.53. The quantitative estimate of drug-likeness (QED) is 0.528. The normalized spacial score (nSPS) is 18.8. The maximum atomic E-state index is 6.43. The fourth-order valence-corrected chi connectivity index (χ4v) is 4.34. The molecule has 2 aliphatic heterocycles. The Morgan fingerprint density at radius 2 is 1.75 bits per heavy atom. The van der Waals surface area contributed by atoms with E-state index in [4.69, 9.17) is 24.0 Å². The first-order valence-corrected chi connectivity index (χ1v) is 10.8. The third-order valence-electron chi connectivity index (χ3n) is 5.89. The maximum absolute atomic E-state index is 6.43. The Kier molecular flexibility index (Phi) is 5.35. The molecule has 0 unspecified atom stereocenters. The van der Waals surface area contributed by atoms with Crippen molar-refractivity contribution >= 4 is 5.71 Å². The second-order valence-electron chi connectivity index (χ2n) is 7.73. The highest BCUT2D eigenvalue weighted by Gasteiger charge is 2.40. The summed E-state index contributed by atoms with van der Waals surface area (Å²) in [5.41, 5.74) is 4.19. The highest BCUT2D eigenvalue weighted by atomic mass is 16.5. The number of methoxy groups -OCH3 is 2. The van der Waals surface area contributed by atoms with E-state index in [1.807, 2.05) is 67.6 Å². The van der Waals surface area contributed by atoms with Gasteiger partial charge >= 0.3 is 0 Å². The summed E-state index contributed by atoms with van der Waals surface area (Å²) in [5.74, 6) is 3.14. The standard InChI is InChI=1S/C26H26N2O4/c1-4-31-19-12-9-17(10-13-19)26-28-22(20-7-5-6-8-23(20)32-26)16-21(27-28)18-11-14-24(29-2)25(15-18)30-3/h5-15,22,26H,4,16H2,1-3H3/t22-,26-/m0/s1. The van der Waals surface area contributed by atoms with Crippen molar-refractivity contribution in [1.29, 1.82) is 0 Å². The molecule has 0 fully saturated rings. The van der Waals surface area contributed by atoms with Gasteiger partial charge in [0.2, 0.25) is 6.23 Å². The first kappa shape index (κ1) is 20.2. The average Bonchev–Trinajstić information content (AvgIpc) is 3.30. The van der Waals surface area contributed by atoms with Gasteiger partial charge in [-0.15, -0.1) is 0 Å². The van der Waals surface area contributed by atoms with Gasteiger partial charge < -0.3 is 18.9 Å². The average molecular weight is 431 g/mol. The van der Waals surface area contributed by atoms with E-state index in [0.29, 0.717) is 18.1 Å². The third kappa shape index (κ3) is 3.51. The van der Waals surface area contributed by atoms with E-state index in [0.717, 1.165) is 40.3 Å². The third-order valence-corrected chi connectivity index (χ3v) is 5.89. The fourth-order valence-electron chi connectivity index (χ4n) is 4.34. The number of hydrogen-bond acceptors (Lipinski definition) is 6. The molecule has 6 nitrogen and oxygen atoms in total. The number of rotatable bonds is 6. The molecule has 5 rings (SSSR count). The molecule has 0 radical (unpaired) electrons. The van der Waals surface area contributed by atoms with Crippen molar-refractivity contribution in [1.82, 2.24) is 5.01 Å². The number of hydrazone groups is 1. The van der Waals surface area contributed by atoms with Crippen LogP contribution in [0.2, 0.25) is 0 Å². The smallest absolute Gasteiger partial charge is 0.213 e. The molecule has 3 aromatic carbocycles. The van der Waals surface area contributed by atoms with E-state index < -0.39 is 0 Å². The van der Waals surface area contributed by atoms with E-state index in [9.17, 15) is 0 Å². The van der Waals surface area contributed by atoms with E-state index in [2.05, 4.69) is 11.1 Å². The zero-order valence-corrected chi connectivity index (χ0v) is 18.4. The molecule has 2 atom stereocenters. The van der Waals surface area contributed by atoms with Crippen molar-refractivity contribution in [3.05, 3.63) is 83.4 Å². The van der Waals surface area contributed by atoms with Crippen LogP contribution in [-0.4, -0.2) is 31.5 Å². The lowest BCUT2D eigenvalue weighted by Gasteiger charge is -2.38. The molecule has 0 spiro atoms. The fraction of sp³-hybridized carbons (Fsp3) is 0.269. The molecule has 3 aromatic rings. The molecule has 0 amide bonds. The molecule has 0 N–H and O–H groups in total. The van der Waals surface area contributed by atoms with Gasteiger partial charge in [-0.3, -0.25) is 0 Å². The largest absolute Gasteiger partial charge is 0.494 e. The zero-order valence-electron chi connectivity index (χ0n) is 18.4. The Hall–Kier alpha value is -3.67. The number of hydrogen-bond donors (Lipinski definition) is 0. The summed E-state index contributed by atoms with van der Waals surface area (Å²) in [6.07, 6.45) is 0.465. The summed E-state index contributed by atoms with van der Waals surface area (Å²) in [5, 5.41) is 7.10. The van der Waals surface area contributed by atoms with Crippen LogP contribution in [0.4, 0.5) is 0 Å². The molecule has 0 aromatic heterocycles. The topological polar surface area (TPSA) is 52.5 Å². The van der Waals surface area contributed by atoms with Gasteiger partial charge in [-0.25, -0.2) is 5.01 Å². The predicted molar refractivity (Wildman–Crippen MR) is 123 cm³/mol. The lowest BCUT2D eigenvalue weighted by atomic mass is 9.96. The lowest BCUT2D eigenvalue weighted by Crippen LogP contribution is -2.33. The lowest BCUT2D eigenvalue weighted by molar-refractivity contribution is -0.0190.